The Morgan fingerprint density at radius 3 is 2.86 bits per heavy atom. The molecule has 1 aliphatic heterocycles. The Balaban J connectivity index is 1.39. The first-order valence-corrected chi connectivity index (χ1v) is 10.0. The highest BCUT2D eigenvalue weighted by Crippen LogP contribution is 2.36. The van der Waals surface area contributed by atoms with Crippen LogP contribution in [-0.2, 0) is 12.8 Å². The Labute approximate surface area is 170 Å². The SMILES string of the molecule is COc1cccc([C@@H](C)N2CCN(c3ccc4c(c3)CCc3[nH]ncc3-4)C2=O)c1. The molecular formula is C23H24N4O2. The smallest absolute Gasteiger partial charge is 0.325 e. The molecule has 148 valence electrons. The number of benzene rings is 2. The third-order valence-electron chi connectivity index (χ3n) is 6.14. The average Bonchev–Trinajstić information content (AvgIpc) is 3.39. The molecule has 0 radical (unpaired) electrons. The number of nitrogens with one attached hydrogen (secondary N) is 1. The zero-order valence-corrected chi connectivity index (χ0v) is 16.7. The highest BCUT2D eigenvalue weighted by molar-refractivity contribution is 5.95. The van der Waals surface area contributed by atoms with Gasteiger partial charge >= 0.3 is 6.03 Å². The van der Waals surface area contributed by atoms with Gasteiger partial charge in [-0.1, -0.05) is 18.2 Å². The van der Waals surface area contributed by atoms with Crippen LogP contribution in [0.5, 0.6) is 5.75 Å². The van der Waals surface area contributed by atoms with Crippen LogP contribution in [0, 0.1) is 0 Å². The first-order valence-electron chi connectivity index (χ1n) is 10.0. The molecule has 0 spiro atoms. The Morgan fingerprint density at radius 2 is 2.00 bits per heavy atom. The van der Waals surface area contributed by atoms with Crippen molar-refractivity contribution in [2.45, 2.75) is 25.8 Å². The number of H-pyrrole nitrogens is 1. The number of urea groups is 1. The molecule has 0 saturated carbocycles. The van der Waals surface area contributed by atoms with Gasteiger partial charge in [-0.3, -0.25) is 10.00 Å². The van der Waals surface area contributed by atoms with Crippen LogP contribution in [0.3, 0.4) is 0 Å². The van der Waals surface area contributed by atoms with E-state index >= 15 is 0 Å². The summed E-state index contributed by atoms with van der Waals surface area (Å²) < 4.78 is 5.34. The van der Waals surface area contributed by atoms with Gasteiger partial charge < -0.3 is 9.64 Å². The summed E-state index contributed by atoms with van der Waals surface area (Å²) in [5.74, 6) is 0.811. The second-order valence-corrected chi connectivity index (χ2v) is 7.68. The number of rotatable bonds is 4. The van der Waals surface area contributed by atoms with Gasteiger partial charge in [-0.05, 0) is 60.7 Å². The Kier molecular flexibility index (Phi) is 4.27. The van der Waals surface area contributed by atoms with Gasteiger partial charge in [-0.25, -0.2) is 4.79 Å². The molecule has 5 rings (SSSR count). The Morgan fingerprint density at radius 1 is 1.10 bits per heavy atom. The molecule has 1 aromatic heterocycles. The molecule has 2 amide bonds. The number of nitrogens with zero attached hydrogens (tertiary/aromatic N) is 3. The standard InChI is InChI=1S/C23H24N4O2/c1-15(16-4-3-5-19(13-16)29-2)26-10-11-27(23(26)28)18-7-8-20-17(12-18)6-9-22-21(20)14-24-25-22/h3-5,7-8,12-15H,6,9-11H2,1-2H3,(H,24,25)/t15-/m1/s1. The van der Waals surface area contributed by atoms with Crippen LogP contribution in [0.4, 0.5) is 10.5 Å². The number of hydrogen-bond donors (Lipinski definition) is 1. The first-order chi connectivity index (χ1) is 14.2. The number of aromatic nitrogens is 2. The van der Waals surface area contributed by atoms with Crippen molar-refractivity contribution >= 4 is 11.7 Å². The summed E-state index contributed by atoms with van der Waals surface area (Å²) >= 11 is 0. The number of hydrogen-bond acceptors (Lipinski definition) is 3. The predicted octanol–water partition coefficient (Wildman–Crippen LogP) is 4.19. The van der Waals surface area contributed by atoms with E-state index in [9.17, 15) is 4.79 Å². The maximum absolute atomic E-state index is 13.2. The summed E-state index contributed by atoms with van der Waals surface area (Å²) in [6, 6.07) is 14.3. The lowest BCUT2D eigenvalue weighted by atomic mass is 9.89. The van der Waals surface area contributed by atoms with Crippen LogP contribution >= 0.6 is 0 Å². The zero-order chi connectivity index (χ0) is 20.0. The molecule has 1 N–H and O–H groups in total. The van der Waals surface area contributed by atoms with Crippen molar-refractivity contribution < 1.29 is 9.53 Å². The number of aryl methyl sites for hydroxylation is 2. The van der Waals surface area contributed by atoms with Crippen LogP contribution in [0.25, 0.3) is 11.1 Å². The quantitative estimate of drug-likeness (QED) is 0.729. The lowest BCUT2D eigenvalue weighted by molar-refractivity contribution is 0.205. The van der Waals surface area contributed by atoms with Crippen molar-refractivity contribution in [3.8, 4) is 16.9 Å². The van der Waals surface area contributed by atoms with Crippen molar-refractivity contribution in [2.75, 3.05) is 25.1 Å². The molecule has 1 aliphatic carbocycles. The van der Waals surface area contributed by atoms with E-state index in [4.69, 9.17) is 4.74 Å². The minimum atomic E-state index is -0.00582. The van der Waals surface area contributed by atoms with E-state index in [0.29, 0.717) is 13.1 Å². The maximum Gasteiger partial charge on any atom is 0.325 e. The van der Waals surface area contributed by atoms with Crippen LogP contribution in [0.2, 0.25) is 0 Å². The van der Waals surface area contributed by atoms with Gasteiger partial charge in [0.05, 0.1) is 19.3 Å². The second-order valence-electron chi connectivity index (χ2n) is 7.68. The molecule has 1 atom stereocenters. The van der Waals surface area contributed by atoms with E-state index in [1.54, 1.807) is 7.11 Å². The molecule has 0 bridgehead atoms. The highest BCUT2D eigenvalue weighted by atomic mass is 16.5. The number of ether oxygens (including phenoxy) is 1. The zero-order valence-electron chi connectivity index (χ0n) is 16.7. The number of carbonyl (C=O) groups excluding carboxylic acids is 1. The second kappa shape index (κ2) is 6.95. The van der Waals surface area contributed by atoms with Crippen LogP contribution < -0.4 is 9.64 Å². The van der Waals surface area contributed by atoms with Crippen LogP contribution in [0.15, 0.2) is 48.7 Å². The molecule has 6 nitrogen and oxygen atoms in total. The van der Waals surface area contributed by atoms with Crippen LogP contribution in [-0.4, -0.2) is 41.3 Å². The van der Waals surface area contributed by atoms with Crippen molar-refractivity contribution in [1.82, 2.24) is 15.1 Å². The third-order valence-corrected chi connectivity index (χ3v) is 6.14. The van der Waals surface area contributed by atoms with Gasteiger partial charge in [0.1, 0.15) is 5.75 Å². The summed E-state index contributed by atoms with van der Waals surface area (Å²) in [7, 11) is 1.66. The van der Waals surface area contributed by atoms with Gasteiger partial charge in [0, 0.05) is 30.0 Å². The highest BCUT2D eigenvalue weighted by Gasteiger charge is 2.34. The molecule has 1 saturated heterocycles. The van der Waals surface area contributed by atoms with Crippen molar-refractivity contribution in [3.05, 3.63) is 65.5 Å². The lowest BCUT2D eigenvalue weighted by Crippen LogP contribution is -2.33. The number of carbonyl (C=O) groups is 1. The molecule has 0 unspecified atom stereocenters. The fourth-order valence-corrected chi connectivity index (χ4v) is 4.45. The largest absolute Gasteiger partial charge is 0.497 e. The van der Waals surface area contributed by atoms with Gasteiger partial charge in [-0.15, -0.1) is 0 Å². The number of aromatic amines is 1. The summed E-state index contributed by atoms with van der Waals surface area (Å²) in [6.45, 7) is 3.48. The summed E-state index contributed by atoms with van der Waals surface area (Å²) in [5.41, 5.74) is 6.93. The number of fused-ring (bicyclic) bond motifs is 3. The molecule has 6 heteroatoms. The number of anilines is 1. The summed E-state index contributed by atoms with van der Waals surface area (Å²) in [4.78, 5) is 17.0. The fraction of sp³-hybridized carbons (Fsp3) is 0.304. The fourth-order valence-electron chi connectivity index (χ4n) is 4.45. The summed E-state index contributed by atoms with van der Waals surface area (Å²) in [6.07, 6.45) is 3.81. The van der Waals surface area contributed by atoms with E-state index in [0.717, 1.165) is 29.8 Å². The van der Waals surface area contributed by atoms with E-state index in [-0.39, 0.29) is 12.1 Å². The molecule has 2 aromatic carbocycles. The lowest BCUT2D eigenvalue weighted by Gasteiger charge is -2.26. The molecule has 2 aliphatic rings. The average molecular weight is 388 g/mol. The maximum atomic E-state index is 13.2. The van der Waals surface area contributed by atoms with Gasteiger partial charge in [-0.2, -0.15) is 5.10 Å². The molecule has 3 aromatic rings. The van der Waals surface area contributed by atoms with Gasteiger partial charge in [0.25, 0.3) is 0 Å². The van der Waals surface area contributed by atoms with E-state index < -0.39 is 0 Å². The predicted molar refractivity (Wildman–Crippen MR) is 112 cm³/mol. The first kappa shape index (κ1) is 17.8. The molecule has 2 heterocycles. The van der Waals surface area contributed by atoms with Gasteiger partial charge in [0.2, 0.25) is 0 Å². The Bertz CT molecular complexity index is 1070. The van der Waals surface area contributed by atoms with E-state index in [1.807, 2.05) is 40.3 Å². The van der Waals surface area contributed by atoms with E-state index in [2.05, 4.69) is 35.3 Å². The summed E-state index contributed by atoms with van der Waals surface area (Å²) in [5, 5.41) is 7.27. The topological polar surface area (TPSA) is 61.5 Å². The monoisotopic (exact) mass is 388 g/mol. The third kappa shape index (κ3) is 2.95. The molecule has 29 heavy (non-hydrogen) atoms. The van der Waals surface area contributed by atoms with Crippen LogP contribution in [0.1, 0.15) is 29.8 Å². The number of methoxy groups -OCH3 is 1. The van der Waals surface area contributed by atoms with E-state index in [1.165, 1.54) is 22.4 Å². The van der Waals surface area contributed by atoms with Crippen molar-refractivity contribution in [2.24, 2.45) is 0 Å². The van der Waals surface area contributed by atoms with Crippen molar-refractivity contribution in [1.29, 1.82) is 0 Å². The van der Waals surface area contributed by atoms with Gasteiger partial charge in [0.15, 0.2) is 0 Å². The Hall–Kier alpha value is -3.28. The molecule has 1 fully saturated rings. The minimum absolute atomic E-state index is 0.00582. The van der Waals surface area contributed by atoms with Crippen molar-refractivity contribution in [3.63, 3.8) is 0 Å². The molecular weight excluding hydrogens is 364 g/mol. The minimum Gasteiger partial charge on any atom is -0.497 e. The number of amides is 2. The normalized spacial score (nSPS) is 16.6.